The molecule has 2 rings (SSSR count). The highest BCUT2D eigenvalue weighted by Gasteiger charge is 2.01. The van der Waals surface area contributed by atoms with Gasteiger partial charge in [0, 0.05) is 39.0 Å². The van der Waals surface area contributed by atoms with Crippen LogP contribution in [0.25, 0.3) is 0 Å². The monoisotopic (exact) mass is 243 g/mol. The van der Waals surface area contributed by atoms with Gasteiger partial charge < -0.3 is 9.88 Å². The van der Waals surface area contributed by atoms with Crippen LogP contribution in [0.15, 0.2) is 30.6 Å². The predicted octanol–water partition coefficient (Wildman–Crippen LogP) is 2.37. The Morgan fingerprint density at radius 2 is 2.11 bits per heavy atom. The molecule has 0 saturated heterocycles. The molecule has 1 N–H and O–H groups in total. The van der Waals surface area contributed by atoms with E-state index in [0.29, 0.717) is 0 Å². The molecule has 0 saturated carbocycles. The number of benzene rings is 1. The van der Waals surface area contributed by atoms with Gasteiger partial charge in [0.25, 0.3) is 0 Å². The molecule has 3 heteroatoms. The molecule has 0 spiro atoms. The van der Waals surface area contributed by atoms with E-state index in [1.165, 1.54) is 16.7 Å². The van der Waals surface area contributed by atoms with Crippen molar-refractivity contribution in [2.24, 2.45) is 7.05 Å². The molecule has 0 bridgehead atoms. The molecule has 1 aromatic heterocycles. The zero-order valence-electron chi connectivity index (χ0n) is 11.4. The summed E-state index contributed by atoms with van der Waals surface area (Å²) < 4.78 is 2.07. The van der Waals surface area contributed by atoms with Crippen molar-refractivity contribution >= 4 is 0 Å². The summed E-state index contributed by atoms with van der Waals surface area (Å²) in [6, 6.07) is 6.47. The minimum absolute atomic E-state index is 0.929. The maximum atomic E-state index is 4.31. The number of aryl methyl sites for hydroxylation is 2. The lowest BCUT2D eigenvalue weighted by Crippen LogP contribution is -2.18. The van der Waals surface area contributed by atoms with E-state index in [4.69, 9.17) is 0 Å². The van der Waals surface area contributed by atoms with E-state index < -0.39 is 0 Å². The molecule has 0 aliphatic rings. The van der Waals surface area contributed by atoms with Gasteiger partial charge in [-0.2, -0.15) is 0 Å². The fourth-order valence-corrected chi connectivity index (χ4v) is 2.06. The highest BCUT2D eigenvalue weighted by molar-refractivity contribution is 5.32. The summed E-state index contributed by atoms with van der Waals surface area (Å²) in [4.78, 5) is 4.31. The maximum Gasteiger partial charge on any atom is 0.109 e. The number of imidazole rings is 1. The van der Waals surface area contributed by atoms with Crippen molar-refractivity contribution in [1.82, 2.24) is 14.9 Å². The van der Waals surface area contributed by atoms with E-state index in [1.54, 1.807) is 0 Å². The fraction of sp³-hybridized carbons (Fsp3) is 0.400. The molecule has 0 fully saturated rings. The molecule has 0 unspecified atom stereocenters. The van der Waals surface area contributed by atoms with Crippen LogP contribution in [0, 0.1) is 13.8 Å². The second-order valence-electron chi connectivity index (χ2n) is 4.74. The van der Waals surface area contributed by atoms with Gasteiger partial charge in [-0.25, -0.2) is 4.98 Å². The Hall–Kier alpha value is -1.61. The van der Waals surface area contributed by atoms with Gasteiger partial charge in [-0.3, -0.25) is 0 Å². The van der Waals surface area contributed by atoms with Crippen molar-refractivity contribution in [2.45, 2.75) is 26.8 Å². The van der Waals surface area contributed by atoms with Crippen LogP contribution >= 0.6 is 0 Å². The van der Waals surface area contributed by atoms with Crippen molar-refractivity contribution in [3.05, 3.63) is 53.1 Å². The molecule has 0 aliphatic heterocycles. The van der Waals surface area contributed by atoms with Crippen molar-refractivity contribution in [1.29, 1.82) is 0 Å². The van der Waals surface area contributed by atoms with E-state index >= 15 is 0 Å². The van der Waals surface area contributed by atoms with Crippen LogP contribution in [-0.2, 0) is 20.0 Å². The second-order valence-corrected chi connectivity index (χ2v) is 4.74. The summed E-state index contributed by atoms with van der Waals surface area (Å²) in [7, 11) is 2.03. The molecule has 0 amide bonds. The molecule has 1 aromatic carbocycles. The minimum atomic E-state index is 0.929. The summed E-state index contributed by atoms with van der Waals surface area (Å²) >= 11 is 0. The average molecular weight is 243 g/mol. The third-order valence-electron chi connectivity index (χ3n) is 3.48. The van der Waals surface area contributed by atoms with Gasteiger partial charge in [-0.05, 0) is 30.5 Å². The first-order chi connectivity index (χ1) is 8.68. The van der Waals surface area contributed by atoms with Crippen molar-refractivity contribution in [3.63, 3.8) is 0 Å². The smallest absolute Gasteiger partial charge is 0.109 e. The van der Waals surface area contributed by atoms with Crippen LogP contribution in [0.4, 0.5) is 0 Å². The minimum Gasteiger partial charge on any atom is -0.338 e. The number of nitrogens with zero attached hydrogens (tertiary/aromatic N) is 2. The lowest BCUT2D eigenvalue weighted by atomic mass is 10.0. The third kappa shape index (κ3) is 2.99. The molecule has 3 nitrogen and oxygen atoms in total. The summed E-state index contributed by atoms with van der Waals surface area (Å²) in [6.45, 7) is 6.23. The SMILES string of the molecule is Cc1cccc(CNCCc2nccn2C)c1C. The van der Waals surface area contributed by atoms with E-state index in [2.05, 4.69) is 46.9 Å². The average Bonchev–Trinajstić information content (AvgIpc) is 2.76. The van der Waals surface area contributed by atoms with Crippen molar-refractivity contribution in [3.8, 4) is 0 Å². The zero-order valence-corrected chi connectivity index (χ0v) is 11.4. The molecule has 0 radical (unpaired) electrons. The zero-order chi connectivity index (χ0) is 13.0. The highest BCUT2D eigenvalue weighted by atomic mass is 15.0. The van der Waals surface area contributed by atoms with Crippen LogP contribution < -0.4 is 5.32 Å². The van der Waals surface area contributed by atoms with Gasteiger partial charge in [0.15, 0.2) is 0 Å². The molecule has 96 valence electrons. The number of nitrogens with one attached hydrogen (secondary N) is 1. The normalized spacial score (nSPS) is 10.8. The van der Waals surface area contributed by atoms with Crippen molar-refractivity contribution in [2.75, 3.05) is 6.54 Å². The van der Waals surface area contributed by atoms with Gasteiger partial charge in [0.2, 0.25) is 0 Å². The first kappa shape index (κ1) is 12.8. The molecular weight excluding hydrogens is 222 g/mol. The first-order valence-corrected chi connectivity index (χ1v) is 6.40. The largest absolute Gasteiger partial charge is 0.338 e. The maximum absolute atomic E-state index is 4.31. The molecule has 0 atom stereocenters. The highest BCUT2D eigenvalue weighted by Crippen LogP contribution is 2.12. The summed E-state index contributed by atoms with van der Waals surface area (Å²) in [5.74, 6) is 1.13. The number of hydrogen-bond donors (Lipinski definition) is 1. The Labute approximate surface area is 109 Å². The van der Waals surface area contributed by atoms with Gasteiger partial charge in [-0.1, -0.05) is 18.2 Å². The van der Waals surface area contributed by atoms with Crippen molar-refractivity contribution < 1.29 is 0 Å². The third-order valence-corrected chi connectivity index (χ3v) is 3.48. The van der Waals surface area contributed by atoms with Gasteiger partial charge >= 0.3 is 0 Å². The molecular formula is C15H21N3. The van der Waals surface area contributed by atoms with Crippen LogP contribution in [0.2, 0.25) is 0 Å². The Bertz CT molecular complexity index is 514. The van der Waals surface area contributed by atoms with Crippen LogP contribution in [0.1, 0.15) is 22.5 Å². The molecule has 0 aliphatic carbocycles. The van der Waals surface area contributed by atoms with E-state index in [0.717, 1.165) is 25.3 Å². The lowest BCUT2D eigenvalue weighted by Gasteiger charge is -2.09. The van der Waals surface area contributed by atoms with Gasteiger partial charge in [0.1, 0.15) is 5.82 Å². The first-order valence-electron chi connectivity index (χ1n) is 6.40. The number of rotatable bonds is 5. The van der Waals surface area contributed by atoms with Crippen LogP contribution in [-0.4, -0.2) is 16.1 Å². The molecule has 1 heterocycles. The van der Waals surface area contributed by atoms with Gasteiger partial charge in [-0.15, -0.1) is 0 Å². The number of hydrogen-bond acceptors (Lipinski definition) is 2. The van der Waals surface area contributed by atoms with Crippen LogP contribution in [0.3, 0.4) is 0 Å². The van der Waals surface area contributed by atoms with Gasteiger partial charge in [0.05, 0.1) is 0 Å². The molecule has 2 aromatic rings. The Balaban J connectivity index is 1.82. The topological polar surface area (TPSA) is 29.9 Å². The summed E-state index contributed by atoms with van der Waals surface area (Å²) in [6.07, 6.45) is 4.80. The van der Waals surface area contributed by atoms with E-state index in [1.807, 2.05) is 19.4 Å². The Morgan fingerprint density at radius 3 is 2.83 bits per heavy atom. The van der Waals surface area contributed by atoms with Crippen LogP contribution in [0.5, 0.6) is 0 Å². The molecule has 18 heavy (non-hydrogen) atoms. The fourth-order valence-electron chi connectivity index (χ4n) is 2.06. The second kappa shape index (κ2) is 5.83. The number of aromatic nitrogens is 2. The standard InChI is InChI=1S/C15H21N3/c1-12-5-4-6-14(13(12)2)11-16-8-7-15-17-9-10-18(15)3/h4-6,9-10,16H,7-8,11H2,1-3H3. The van der Waals surface area contributed by atoms with E-state index in [9.17, 15) is 0 Å². The van der Waals surface area contributed by atoms with E-state index in [-0.39, 0.29) is 0 Å². The lowest BCUT2D eigenvalue weighted by molar-refractivity contribution is 0.653. The summed E-state index contributed by atoms with van der Waals surface area (Å²) in [5, 5.41) is 3.48. The quantitative estimate of drug-likeness (QED) is 0.817. The summed E-state index contributed by atoms with van der Waals surface area (Å²) in [5.41, 5.74) is 4.13. The Morgan fingerprint density at radius 1 is 1.28 bits per heavy atom. The predicted molar refractivity (Wildman–Crippen MR) is 74.5 cm³/mol. The Kier molecular flexibility index (Phi) is 4.15.